The predicted octanol–water partition coefficient (Wildman–Crippen LogP) is 2.21. The first-order valence-electron chi connectivity index (χ1n) is 6.82. The Labute approximate surface area is 120 Å². The topological polar surface area (TPSA) is 80.9 Å². The van der Waals surface area contributed by atoms with Crippen molar-refractivity contribution in [1.29, 1.82) is 0 Å². The fraction of sp³-hybridized carbons (Fsp3) is 0.429. The van der Waals surface area contributed by atoms with E-state index in [1.54, 1.807) is 23.7 Å². The zero-order chi connectivity index (χ0) is 15.0. The number of nitrogens with zero attached hydrogens (tertiary/aromatic N) is 4. The lowest BCUT2D eigenvalue weighted by Gasteiger charge is -2.15. The number of hydrogen-bond donors (Lipinski definition) is 1. The molecule has 0 bridgehead atoms. The zero-order valence-electron chi connectivity index (χ0n) is 11.5. The largest absolute Gasteiger partial charge is 0.481 e. The maximum absolute atomic E-state index is 13.4. The molecule has 21 heavy (non-hydrogen) atoms. The van der Waals surface area contributed by atoms with E-state index in [2.05, 4.69) is 15.5 Å². The highest BCUT2D eigenvalue weighted by Gasteiger charge is 2.36. The molecule has 1 aromatic carbocycles. The zero-order valence-corrected chi connectivity index (χ0v) is 11.5. The summed E-state index contributed by atoms with van der Waals surface area (Å²) in [5.74, 6) is -0.383. The van der Waals surface area contributed by atoms with Gasteiger partial charge < -0.3 is 5.11 Å². The normalized spacial score (nSPS) is 15.9. The van der Waals surface area contributed by atoms with Gasteiger partial charge in [0.05, 0.1) is 12.5 Å². The number of carboxylic acids is 1. The number of carboxylic acid groups (broad SMARTS) is 1. The Morgan fingerprint density at radius 2 is 2.29 bits per heavy atom. The Morgan fingerprint density at radius 1 is 1.52 bits per heavy atom. The van der Waals surface area contributed by atoms with Crippen LogP contribution in [0.15, 0.2) is 18.2 Å². The van der Waals surface area contributed by atoms with Crippen molar-refractivity contribution < 1.29 is 14.3 Å². The van der Waals surface area contributed by atoms with Gasteiger partial charge in [0.2, 0.25) is 0 Å². The number of halogens is 1. The summed E-state index contributed by atoms with van der Waals surface area (Å²) in [6.45, 7) is 1.67. The second-order valence-corrected chi connectivity index (χ2v) is 5.41. The maximum atomic E-state index is 13.4. The Hall–Kier alpha value is -2.31. The summed E-state index contributed by atoms with van der Waals surface area (Å²) in [4.78, 5) is 11.1. The van der Waals surface area contributed by atoms with Crippen molar-refractivity contribution in [1.82, 2.24) is 20.2 Å². The lowest BCUT2D eigenvalue weighted by atomic mass is 10.1. The summed E-state index contributed by atoms with van der Waals surface area (Å²) in [7, 11) is 0. The van der Waals surface area contributed by atoms with Crippen LogP contribution in [0.5, 0.6) is 0 Å². The Kier molecular flexibility index (Phi) is 3.40. The molecule has 1 aliphatic rings. The smallest absolute Gasteiger partial charge is 0.305 e. The van der Waals surface area contributed by atoms with Crippen LogP contribution in [0.2, 0.25) is 0 Å². The van der Waals surface area contributed by atoms with Gasteiger partial charge in [-0.05, 0) is 59.9 Å². The molecule has 1 fully saturated rings. The monoisotopic (exact) mass is 290 g/mol. The summed E-state index contributed by atoms with van der Waals surface area (Å²) in [5, 5.41) is 20.7. The number of rotatable bonds is 5. The molecule has 1 atom stereocenters. The molecule has 110 valence electrons. The van der Waals surface area contributed by atoms with Gasteiger partial charge in [0, 0.05) is 5.56 Å². The number of aliphatic carboxylic acids is 1. The van der Waals surface area contributed by atoms with Crippen LogP contribution in [0.1, 0.15) is 30.9 Å². The summed E-state index contributed by atoms with van der Waals surface area (Å²) in [5.41, 5.74) is 1.19. The second kappa shape index (κ2) is 5.23. The van der Waals surface area contributed by atoms with Gasteiger partial charge in [-0.15, -0.1) is 5.10 Å². The van der Waals surface area contributed by atoms with E-state index < -0.39 is 5.97 Å². The minimum absolute atomic E-state index is 0.0110. The highest BCUT2D eigenvalue weighted by atomic mass is 19.1. The molecule has 0 amide bonds. The SMILES string of the molecule is Cc1cc(-c2nnnn2C(CC(=O)O)C2CC2)ccc1F. The first-order valence-corrected chi connectivity index (χ1v) is 6.82. The number of aromatic nitrogens is 4. The van der Waals surface area contributed by atoms with E-state index in [1.165, 1.54) is 6.07 Å². The third-order valence-corrected chi connectivity index (χ3v) is 3.77. The number of hydrogen-bond acceptors (Lipinski definition) is 4. The molecule has 7 heteroatoms. The average molecular weight is 290 g/mol. The van der Waals surface area contributed by atoms with E-state index in [-0.39, 0.29) is 18.3 Å². The minimum atomic E-state index is -0.872. The molecule has 1 unspecified atom stereocenters. The molecule has 2 aromatic rings. The van der Waals surface area contributed by atoms with Gasteiger partial charge in [-0.25, -0.2) is 9.07 Å². The summed E-state index contributed by atoms with van der Waals surface area (Å²) in [6.07, 6.45) is 1.96. The second-order valence-electron chi connectivity index (χ2n) is 5.41. The molecule has 1 heterocycles. The van der Waals surface area contributed by atoms with Crippen LogP contribution in [0.3, 0.4) is 0 Å². The van der Waals surface area contributed by atoms with Crippen LogP contribution in [-0.4, -0.2) is 31.3 Å². The fourth-order valence-corrected chi connectivity index (χ4v) is 2.50. The van der Waals surface area contributed by atoms with Crippen molar-refractivity contribution in [3.8, 4) is 11.4 Å². The Balaban J connectivity index is 1.98. The van der Waals surface area contributed by atoms with Gasteiger partial charge in [0.1, 0.15) is 5.82 Å². The molecule has 6 nitrogen and oxygen atoms in total. The van der Waals surface area contributed by atoms with Crippen LogP contribution < -0.4 is 0 Å². The van der Waals surface area contributed by atoms with Crippen molar-refractivity contribution in [2.24, 2.45) is 5.92 Å². The van der Waals surface area contributed by atoms with Gasteiger partial charge >= 0.3 is 5.97 Å². The molecule has 0 aliphatic heterocycles. The van der Waals surface area contributed by atoms with Crippen LogP contribution in [-0.2, 0) is 4.79 Å². The third kappa shape index (κ3) is 2.76. The molecule has 0 spiro atoms. The van der Waals surface area contributed by atoms with Crippen molar-refractivity contribution in [3.63, 3.8) is 0 Å². The van der Waals surface area contributed by atoms with Crippen LogP contribution in [0.4, 0.5) is 4.39 Å². The first-order chi connectivity index (χ1) is 10.1. The van der Waals surface area contributed by atoms with Crippen LogP contribution in [0, 0.1) is 18.7 Å². The van der Waals surface area contributed by atoms with Gasteiger partial charge in [-0.3, -0.25) is 4.79 Å². The Bertz CT molecular complexity index is 681. The van der Waals surface area contributed by atoms with Crippen molar-refractivity contribution in [3.05, 3.63) is 29.6 Å². The molecule has 1 aromatic heterocycles. The quantitative estimate of drug-likeness (QED) is 0.913. The summed E-state index contributed by atoms with van der Waals surface area (Å²) < 4.78 is 14.9. The van der Waals surface area contributed by atoms with E-state index in [0.717, 1.165) is 12.8 Å². The molecule has 0 saturated heterocycles. The fourth-order valence-electron chi connectivity index (χ4n) is 2.50. The van der Waals surface area contributed by atoms with Gasteiger partial charge in [-0.1, -0.05) is 0 Å². The molecular formula is C14H15FN4O2. The van der Waals surface area contributed by atoms with Crippen LogP contribution >= 0.6 is 0 Å². The lowest BCUT2D eigenvalue weighted by Crippen LogP contribution is -2.18. The summed E-state index contributed by atoms with van der Waals surface area (Å²) in [6, 6.07) is 4.39. The van der Waals surface area contributed by atoms with Gasteiger partial charge in [0.15, 0.2) is 5.82 Å². The lowest BCUT2D eigenvalue weighted by molar-refractivity contribution is -0.138. The van der Waals surface area contributed by atoms with E-state index >= 15 is 0 Å². The number of tetrazole rings is 1. The predicted molar refractivity (Wildman–Crippen MR) is 72.0 cm³/mol. The average Bonchev–Trinajstić information content (AvgIpc) is 3.16. The van der Waals surface area contributed by atoms with Crippen molar-refractivity contribution >= 4 is 5.97 Å². The molecule has 0 radical (unpaired) electrons. The van der Waals surface area contributed by atoms with Gasteiger partial charge in [-0.2, -0.15) is 0 Å². The third-order valence-electron chi connectivity index (χ3n) is 3.77. The Morgan fingerprint density at radius 3 is 2.90 bits per heavy atom. The van der Waals surface area contributed by atoms with Crippen molar-refractivity contribution in [2.75, 3.05) is 0 Å². The number of aryl methyl sites for hydroxylation is 1. The number of carbonyl (C=O) groups is 1. The van der Waals surface area contributed by atoms with E-state index in [1.807, 2.05) is 0 Å². The van der Waals surface area contributed by atoms with Crippen LogP contribution in [0.25, 0.3) is 11.4 Å². The van der Waals surface area contributed by atoms with E-state index in [4.69, 9.17) is 5.11 Å². The molecule has 1 saturated carbocycles. The number of benzene rings is 1. The molecular weight excluding hydrogens is 275 g/mol. The standard InChI is InChI=1S/C14H15FN4O2/c1-8-6-10(4-5-11(8)15)14-16-17-18-19(14)12(7-13(20)21)9-2-3-9/h4-6,9,12H,2-3,7H2,1H3,(H,20,21). The highest BCUT2D eigenvalue weighted by Crippen LogP contribution is 2.42. The molecule has 3 rings (SSSR count). The maximum Gasteiger partial charge on any atom is 0.305 e. The summed E-state index contributed by atoms with van der Waals surface area (Å²) >= 11 is 0. The van der Waals surface area contributed by atoms with E-state index in [0.29, 0.717) is 22.9 Å². The minimum Gasteiger partial charge on any atom is -0.481 e. The first kappa shape index (κ1) is 13.7. The van der Waals surface area contributed by atoms with Gasteiger partial charge in [0.25, 0.3) is 0 Å². The molecule has 1 N–H and O–H groups in total. The van der Waals surface area contributed by atoms with E-state index in [9.17, 15) is 9.18 Å². The molecule has 1 aliphatic carbocycles. The van der Waals surface area contributed by atoms with Crippen molar-refractivity contribution in [2.45, 2.75) is 32.2 Å². The highest BCUT2D eigenvalue weighted by molar-refractivity contribution is 5.67.